The van der Waals surface area contributed by atoms with Gasteiger partial charge in [0.05, 0.1) is 18.0 Å². The van der Waals surface area contributed by atoms with Crippen LogP contribution in [0.3, 0.4) is 0 Å². The van der Waals surface area contributed by atoms with Crippen molar-refractivity contribution in [2.45, 2.75) is 26.2 Å². The van der Waals surface area contributed by atoms with Gasteiger partial charge in [0.25, 0.3) is 0 Å². The van der Waals surface area contributed by atoms with Crippen LogP contribution in [0.15, 0.2) is 79.3 Å². The zero-order chi connectivity index (χ0) is 20.2. The van der Waals surface area contributed by atoms with Crippen molar-refractivity contribution in [2.24, 2.45) is 0 Å². The minimum atomic E-state index is 0.113. The van der Waals surface area contributed by atoms with E-state index in [2.05, 4.69) is 23.2 Å². The predicted molar refractivity (Wildman–Crippen MR) is 114 cm³/mol. The number of carbonyl (C=O) groups is 2. The monoisotopic (exact) mass is 382 g/mol. The normalized spacial score (nSPS) is 10.9. The summed E-state index contributed by atoms with van der Waals surface area (Å²) in [4.78, 5) is 28.9. The third-order valence-corrected chi connectivity index (χ3v) is 5.14. The number of hydrogen-bond donors (Lipinski definition) is 0. The maximum absolute atomic E-state index is 12.9. The molecule has 4 rings (SSSR count). The largest absolute Gasteiger partial charge is 0.302 e. The van der Waals surface area contributed by atoms with Gasteiger partial charge in [-0.2, -0.15) is 0 Å². The Morgan fingerprint density at radius 3 is 2.38 bits per heavy atom. The molecule has 0 aliphatic carbocycles. The minimum absolute atomic E-state index is 0.113. The first-order valence-corrected chi connectivity index (χ1v) is 9.79. The first kappa shape index (κ1) is 18.8. The Kier molecular flexibility index (Phi) is 5.34. The van der Waals surface area contributed by atoms with E-state index in [1.165, 1.54) is 0 Å². The van der Waals surface area contributed by atoms with Gasteiger partial charge in [0.2, 0.25) is 0 Å². The van der Waals surface area contributed by atoms with Gasteiger partial charge in [-0.25, -0.2) is 4.98 Å². The summed E-state index contributed by atoms with van der Waals surface area (Å²) in [6.07, 6.45) is 4.69. The summed E-state index contributed by atoms with van der Waals surface area (Å²) in [5.74, 6) is 0.236. The molecule has 0 aliphatic heterocycles. The number of aromatic nitrogens is 2. The van der Waals surface area contributed by atoms with E-state index in [4.69, 9.17) is 0 Å². The highest BCUT2D eigenvalue weighted by atomic mass is 16.1. The molecule has 0 saturated carbocycles. The summed E-state index contributed by atoms with van der Waals surface area (Å²) in [5, 5.41) is 0. The number of nitrogens with zero attached hydrogens (tertiary/aromatic N) is 2. The summed E-state index contributed by atoms with van der Waals surface area (Å²) in [6.45, 7) is 1.85. The molecular weight excluding hydrogens is 360 g/mol. The Morgan fingerprint density at radius 1 is 0.897 bits per heavy atom. The van der Waals surface area contributed by atoms with Crippen molar-refractivity contribution in [1.82, 2.24) is 9.38 Å². The Hall–Kier alpha value is -3.53. The summed E-state index contributed by atoms with van der Waals surface area (Å²) in [6, 6.07) is 21.5. The molecule has 0 amide bonds. The summed E-state index contributed by atoms with van der Waals surface area (Å²) in [5.41, 5.74) is 5.63. The van der Waals surface area contributed by atoms with Crippen LogP contribution >= 0.6 is 0 Å². The number of rotatable bonds is 7. The van der Waals surface area contributed by atoms with Gasteiger partial charge in [0, 0.05) is 36.1 Å². The smallest absolute Gasteiger partial charge is 0.162 e. The lowest BCUT2D eigenvalue weighted by molar-refractivity contribution is -0.117. The Bertz CT molecular complexity index is 1160. The molecule has 0 bridgehead atoms. The van der Waals surface area contributed by atoms with Crippen LogP contribution in [0, 0.1) is 0 Å². The van der Waals surface area contributed by atoms with Crippen LogP contribution in [-0.2, 0) is 17.6 Å². The van der Waals surface area contributed by atoms with Gasteiger partial charge in [0.15, 0.2) is 5.78 Å². The molecule has 4 nitrogen and oxygen atoms in total. The molecule has 0 unspecified atom stereocenters. The molecule has 4 aromatic rings. The molecule has 0 saturated heterocycles. The van der Waals surface area contributed by atoms with E-state index < -0.39 is 0 Å². The number of ketones is 2. The zero-order valence-corrected chi connectivity index (χ0v) is 16.3. The zero-order valence-electron chi connectivity index (χ0n) is 16.3. The lowest BCUT2D eigenvalue weighted by Crippen LogP contribution is -2.11. The Balaban J connectivity index is 1.61. The molecule has 4 heteroatoms. The third-order valence-electron chi connectivity index (χ3n) is 5.14. The number of hydrogen-bond acceptors (Lipinski definition) is 3. The van der Waals surface area contributed by atoms with Crippen molar-refractivity contribution in [3.63, 3.8) is 0 Å². The SMILES string of the molecule is CCC(=O)c1ccc(CC(=O)Cc2c(-c3ccccc3)ccc3cncn23)cc1. The molecular formula is C25H22N2O2. The highest BCUT2D eigenvalue weighted by Gasteiger charge is 2.14. The maximum atomic E-state index is 12.9. The molecule has 144 valence electrons. The van der Waals surface area contributed by atoms with Crippen LogP contribution in [-0.4, -0.2) is 21.0 Å². The molecule has 2 aromatic carbocycles. The first-order valence-electron chi connectivity index (χ1n) is 9.79. The van der Waals surface area contributed by atoms with E-state index in [9.17, 15) is 9.59 Å². The van der Waals surface area contributed by atoms with Crippen molar-refractivity contribution in [3.8, 4) is 11.1 Å². The highest BCUT2D eigenvalue weighted by molar-refractivity contribution is 5.96. The van der Waals surface area contributed by atoms with Crippen LogP contribution in [0.1, 0.15) is 35.0 Å². The van der Waals surface area contributed by atoms with Crippen LogP contribution in [0.25, 0.3) is 16.6 Å². The fraction of sp³-hybridized carbons (Fsp3) is 0.160. The van der Waals surface area contributed by atoms with Gasteiger partial charge >= 0.3 is 0 Å². The van der Waals surface area contributed by atoms with E-state index in [0.29, 0.717) is 24.8 Å². The third kappa shape index (κ3) is 4.02. The highest BCUT2D eigenvalue weighted by Crippen LogP contribution is 2.26. The molecule has 0 N–H and O–H groups in total. The first-order chi connectivity index (χ1) is 14.2. The van der Waals surface area contributed by atoms with E-state index >= 15 is 0 Å². The standard InChI is InChI=1S/C25H22N2O2/c1-2-25(29)20-10-8-18(9-11-20)14-22(28)15-24-23(19-6-4-3-5-7-19)13-12-21-16-26-17-27(21)24/h3-13,16-17H,2,14-15H2,1H3. The minimum Gasteiger partial charge on any atom is -0.302 e. The summed E-state index contributed by atoms with van der Waals surface area (Å²) in [7, 11) is 0. The Morgan fingerprint density at radius 2 is 1.66 bits per heavy atom. The van der Waals surface area contributed by atoms with Crippen molar-refractivity contribution in [1.29, 1.82) is 0 Å². The molecule has 0 aliphatic rings. The van der Waals surface area contributed by atoms with Crippen molar-refractivity contribution < 1.29 is 9.59 Å². The molecule has 2 heterocycles. The van der Waals surface area contributed by atoms with Gasteiger partial charge in [-0.3, -0.25) is 9.59 Å². The molecule has 2 aromatic heterocycles. The average molecular weight is 382 g/mol. The quantitative estimate of drug-likeness (QED) is 0.425. The molecule has 0 radical (unpaired) electrons. The summed E-state index contributed by atoms with van der Waals surface area (Å²) >= 11 is 0. The number of benzene rings is 2. The second-order valence-corrected chi connectivity index (χ2v) is 7.11. The van der Waals surface area contributed by atoms with E-state index in [1.807, 2.05) is 47.7 Å². The average Bonchev–Trinajstić information content (AvgIpc) is 3.24. The van der Waals surface area contributed by atoms with Crippen LogP contribution in [0.2, 0.25) is 0 Å². The Labute approximate surface area is 169 Å². The van der Waals surface area contributed by atoms with Gasteiger partial charge in [0.1, 0.15) is 5.78 Å². The van der Waals surface area contributed by atoms with Crippen molar-refractivity contribution in [3.05, 3.63) is 96.1 Å². The van der Waals surface area contributed by atoms with Crippen LogP contribution in [0.5, 0.6) is 0 Å². The number of fused-ring (bicyclic) bond motifs is 1. The maximum Gasteiger partial charge on any atom is 0.162 e. The fourth-order valence-electron chi connectivity index (χ4n) is 3.60. The lowest BCUT2D eigenvalue weighted by Gasteiger charge is -2.13. The van der Waals surface area contributed by atoms with Crippen molar-refractivity contribution in [2.75, 3.05) is 0 Å². The van der Waals surface area contributed by atoms with E-state index in [-0.39, 0.29) is 11.6 Å². The number of Topliss-reactive ketones (excluding diaryl/α,β-unsaturated/α-hetero) is 2. The topological polar surface area (TPSA) is 51.4 Å². The van der Waals surface area contributed by atoms with Crippen LogP contribution < -0.4 is 0 Å². The van der Waals surface area contributed by atoms with E-state index in [1.54, 1.807) is 24.7 Å². The van der Waals surface area contributed by atoms with Gasteiger partial charge < -0.3 is 4.40 Å². The molecule has 0 spiro atoms. The number of imidazole rings is 1. The second kappa shape index (κ2) is 8.23. The van der Waals surface area contributed by atoms with Gasteiger partial charge in [-0.1, -0.05) is 67.6 Å². The lowest BCUT2D eigenvalue weighted by atomic mass is 9.97. The fourth-order valence-corrected chi connectivity index (χ4v) is 3.60. The number of pyridine rings is 1. The predicted octanol–water partition coefficient (Wildman–Crippen LogP) is 4.95. The number of carbonyl (C=O) groups excluding carboxylic acids is 2. The molecule has 0 atom stereocenters. The summed E-state index contributed by atoms with van der Waals surface area (Å²) < 4.78 is 1.99. The van der Waals surface area contributed by atoms with Gasteiger partial charge in [-0.15, -0.1) is 0 Å². The van der Waals surface area contributed by atoms with Crippen LogP contribution in [0.4, 0.5) is 0 Å². The molecule has 0 fully saturated rings. The van der Waals surface area contributed by atoms with Crippen molar-refractivity contribution >= 4 is 17.1 Å². The van der Waals surface area contributed by atoms with Gasteiger partial charge in [-0.05, 0) is 17.2 Å². The van der Waals surface area contributed by atoms with E-state index in [0.717, 1.165) is 27.9 Å². The second-order valence-electron chi connectivity index (χ2n) is 7.11. The molecule has 29 heavy (non-hydrogen) atoms.